The monoisotopic (exact) mass is 268 g/mol. The molecule has 0 saturated carbocycles. The molecule has 0 heterocycles. The number of nitrogens with two attached hydrogens (primary N) is 1. The zero-order chi connectivity index (χ0) is 14.0. The SMILES string of the molecule is CC(C)(N)C(C)(C)C(=O)NCc1cccc(Cl)c1. The minimum Gasteiger partial charge on any atom is -0.352 e. The highest BCUT2D eigenvalue weighted by molar-refractivity contribution is 6.30. The molecule has 1 aromatic rings. The summed E-state index contributed by atoms with van der Waals surface area (Å²) in [5.41, 5.74) is 5.79. The molecule has 0 aliphatic heterocycles. The van der Waals surface area contributed by atoms with Crippen molar-refractivity contribution in [2.24, 2.45) is 11.1 Å². The average Bonchev–Trinajstić information content (AvgIpc) is 2.24. The largest absolute Gasteiger partial charge is 0.352 e. The average molecular weight is 269 g/mol. The molecule has 0 fully saturated rings. The van der Waals surface area contributed by atoms with E-state index in [1.807, 2.05) is 45.9 Å². The van der Waals surface area contributed by atoms with Crippen LogP contribution in [-0.4, -0.2) is 11.4 Å². The fraction of sp³-hybridized carbons (Fsp3) is 0.500. The Morgan fingerprint density at radius 3 is 2.44 bits per heavy atom. The number of hydrogen-bond donors (Lipinski definition) is 2. The van der Waals surface area contributed by atoms with Gasteiger partial charge >= 0.3 is 0 Å². The van der Waals surface area contributed by atoms with Crippen LogP contribution < -0.4 is 11.1 Å². The Balaban J connectivity index is 2.67. The molecule has 0 unspecified atom stereocenters. The Bertz CT molecular complexity index is 436. The smallest absolute Gasteiger partial charge is 0.227 e. The zero-order valence-electron chi connectivity index (χ0n) is 11.4. The van der Waals surface area contributed by atoms with Crippen LogP contribution in [0.3, 0.4) is 0 Å². The van der Waals surface area contributed by atoms with Crippen molar-refractivity contribution in [3.63, 3.8) is 0 Å². The lowest BCUT2D eigenvalue weighted by Crippen LogP contribution is -2.55. The van der Waals surface area contributed by atoms with E-state index in [4.69, 9.17) is 17.3 Å². The van der Waals surface area contributed by atoms with E-state index in [2.05, 4.69) is 5.32 Å². The number of nitrogens with one attached hydrogen (secondary N) is 1. The van der Waals surface area contributed by atoms with Crippen LogP contribution in [0.2, 0.25) is 5.02 Å². The van der Waals surface area contributed by atoms with Crippen LogP contribution in [0.1, 0.15) is 33.3 Å². The number of rotatable bonds is 4. The van der Waals surface area contributed by atoms with Crippen LogP contribution in [0.15, 0.2) is 24.3 Å². The number of halogens is 1. The second kappa shape index (κ2) is 5.29. The third-order valence-electron chi connectivity index (χ3n) is 3.52. The molecule has 0 aliphatic carbocycles. The maximum Gasteiger partial charge on any atom is 0.227 e. The molecule has 0 saturated heterocycles. The van der Waals surface area contributed by atoms with Gasteiger partial charge in [-0.1, -0.05) is 23.7 Å². The number of hydrogen-bond acceptors (Lipinski definition) is 2. The van der Waals surface area contributed by atoms with Gasteiger partial charge in [0.15, 0.2) is 0 Å². The van der Waals surface area contributed by atoms with Crippen LogP contribution in [-0.2, 0) is 11.3 Å². The van der Waals surface area contributed by atoms with Crippen LogP contribution in [0.4, 0.5) is 0 Å². The van der Waals surface area contributed by atoms with Gasteiger partial charge in [0.2, 0.25) is 5.91 Å². The second-order valence-electron chi connectivity index (χ2n) is 5.66. The summed E-state index contributed by atoms with van der Waals surface area (Å²) in [6.07, 6.45) is 0. The first-order valence-electron chi connectivity index (χ1n) is 5.96. The number of amides is 1. The number of benzene rings is 1. The molecule has 100 valence electrons. The minimum atomic E-state index is -0.633. The molecule has 1 rings (SSSR count). The van der Waals surface area contributed by atoms with E-state index in [1.165, 1.54) is 0 Å². The van der Waals surface area contributed by atoms with Gasteiger partial charge in [-0.05, 0) is 45.4 Å². The van der Waals surface area contributed by atoms with Crippen LogP contribution >= 0.6 is 11.6 Å². The summed E-state index contributed by atoms with van der Waals surface area (Å²) < 4.78 is 0. The highest BCUT2D eigenvalue weighted by Crippen LogP contribution is 2.28. The molecule has 3 N–H and O–H groups in total. The molecule has 0 aromatic heterocycles. The van der Waals surface area contributed by atoms with Crippen molar-refractivity contribution in [1.29, 1.82) is 0 Å². The topological polar surface area (TPSA) is 55.1 Å². The van der Waals surface area contributed by atoms with Gasteiger partial charge < -0.3 is 11.1 Å². The van der Waals surface area contributed by atoms with Gasteiger partial charge in [-0.25, -0.2) is 0 Å². The van der Waals surface area contributed by atoms with E-state index < -0.39 is 11.0 Å². The fourth-order valence-corrected chi connectivity index (χ4v) is 1.56. The van der Waals surface area contributed by atoms with Crippen molar-refractivity contribution in [2.45, 2.75) is 39.8 Å². The van der Waals surface area contributed by atoms with Crippen molar-refractivity contribution in [3.8, 4) is 0 Å². The van der Waals surface area contributed by atoms with Crippen LogP contribution in [0.25, 0.3) is 0 Å². The fourth-order valence-electron chi connectivity index (χ4n) is 1.34. The predicted octanol–water partition coefficient (Wildman–Crippen LogP) is 2.72. The van der Waals surface area contributed by atoms with Crippen LogP contribution in [0, 0.1) is 5.41 Å². The maximum atomic E-state index is 12.1. The lowest BCUT2D eigenvalue weighted by molar-refractivity contribution is -0.132. The molecular weight excluding hydrogens is 248 g/mol. The first-order chi connectivity index (χ1) is 8.14. The standard InChI is InChI=1S/C14H21ClN2O/c1-13(2,14(3,4)16)12(18)17-9-10-6-5-7-11(15)8-10/h5-8H,9,16H2,1-4H3,(H,17,18). The van der Waals surface area contributed by atoms with Crippen molar-refractivity contribution in [1.82, 2.24) is 5.32 Å². The summed E-state index contributed by atoms with van der Waals surface area (Å²) in [5, 5.41) is 3.56. The lowest BCUT2D eigenvalue weighted by atomic mass is 9.74. The van der Waals surface area contributed by atoms with Gasteiger partial charge in [-0.2, -0.15) is 0 Å². The maximum absolute atomic E-state index is 12.1. The number of carbonyl (C=O) groups is 1. The van der Waals surface area contributed by atoms with Gasteiger partial charge in [0.1, 0.15) is 0 Å². The summed E-state index contributed by atoms with van der Waals surface area (Å²) in [6, 6.07) is 7.43. The van der Waals surface area contributed by atoms with Crippen molar-refractivity contribution in [2.75, 3.05) is 0 Å². The molecule has 1 amide bonds. The van der Waals surface area contributed by atoms with E-state index >= 15 is 0 Å². The first-order valence-corrected chi connectivity index (χ1v) is 6.34. The summed E-state index contributed by atoms with van der Waals surface area (Å²) in [6.45, 7) is 7.86. The molecule has 4 heteroatoms. The van der Waals surface area contributed by atoms with Gasteiger partial charge in [0.25, 0.3) is 0 Å². The van der Waals surface area contributed by atoms with E-state index in [-0.39, 0.29) is 5.91 Å². The molecule has 0 radical (unpaired) electrons. The predicted molar refractivity (Wildman–Crippen MR) is 75.3 cm³/mol. The van der Waals surface area contributed by atoms with Crippen molar-refractivity contribution >= 4 is 17.5 Å². The first kappa shape index (κ1) is 15.0. The third-order valence-corrected chi connectivity index (χ3v) is 3.76. The van der Waals surface area contributed by atoms with E-state index in [0.717, 1.165) is 5.56 Å². The van der Waals surface area contributed by atoms with Gasteiger partial charge in [-0.3, -0.25) is 4.79 Å². The summed E-state index contributed by atoms with van der Waals surface area (Å²) in [7, 11) is 0. The lowest BCUT2D eigenvalue weighted by Gasteiger charge is -2.36. The normalized spacial score (nSPS) is 12.3. The van der Waals surface area contributed by atoms with E-state index in [0.29, 0.717) is 11.6 Å². The third kappa shape index (κ3) is 3.47. The zero-order valence-corrected chi connectivity index (χ0v) is 12.1. The summed E-state index contributed by atoms with van der Waals surface area (Å²) in [4.78, 5) is 12.1. The molecule has 3 nitrogen and oxygen atoms in total. The van der Waals surface area contributed by atoms with E-state index in [1.54, 1.807) is 6.07 Å². The van der Waals surface area contributed by atoms with Gasteiger partial charge in [0, 0.05) is 17.1 Å². The Kier molecular flexibility index (Phi) is 4.41. The highest BCUT2D eigenvalue weighted by Gasteiger charge is 2.40. The Hall–Kier alpha value is -1.06. The molecular formula is C14H21ClN2O. The molecule has 0 spiro atoms. The van der Waals surface area contributed by atoms with E-state index in [9.17, 15) is 4.79 Å². The van der Waals surface area contributed by atoms with Gasteiger partial charge in [0.05, 0.1) is 5.41 Å². The van der Waals surface area contributed by atoms with Crippen molar-refractivity contribution < 1.29 is 4.79 Å². The highest BCUT2D eigenvalue weighted by atomic mass is 35.5. The minimum absolute atomic E-state index is 0.0602. The Morgan fingerprint density at radius 2 is 1.94 bits per heavy atom. The Morgan fingerprint density at radius 1 is 1.33 bits per heavy atom. The van der Waals surface area contributed by atoms with Crippen LogP contribution in [0.5, 0.6) is 0 Å². The van der Waals surface area contributed by atoms with Crippen molar-refractivity contribution in [3.05, 3.63) is 34.9 Å². The number of carbonyl (C=O) groups excluding carboxylic acids is 1. The summed E-state index contributed by atoms with van der Waals surface area (Å²) >= 11 is 5.89. The van der Waals surface area contributed by atoms with Gasteiger partial charge in [-0.15, -0.1) is 0 Å². The summed E-state index contributed by atoms with van der Waals surface area (Å²) in [5.74, 6) is -0.0602. The molecule has 0 bridgehead atoms. The molecule has 18 heavy (non-hydrogen) atoms. The quantitative estimate of drug-likeness (QED) is 0.882. The molecule has 0 atom stereocenters. The second-order valence-corrected chi connectivity index (χ2v) is 6.10. The molecule has 1 aromatic carbocycles. The Labute approximate surface area is 114 Å². The molecule has 0 aliphatic rings.